The van der Waals surface area contributed by atoms with E-state index < -0.39 is 17.9 Å². The van der Waals surface area contributed by atoms with Gasteiger partial charge in [-0.2, -0.15) is 9.68 Å². The summed E-state index contributed by atoms with van der Waals surface area (Å²) in [6.07, 6.45) is -2.90. The molecule has 0 amide bonds. The Balaban J connectivity index is 0. The molecule has 0 bridgehead atoms. The lowest BCUT2D eigenvalue weighted by Gasteiger charge is -2.17. The van der Waals surface area contributed by atoms with E-state index in [1.165, 1.54) is 0 Å². The number of ether oxygens (including phenoxy) is 1. The van der Waals surface area contributed by atoms with Crippen LogP contribution in [0, 0.1) is 0 Å². The van der Waals surface area contributed by atoms with Crippen LogP contribution in [-0.2, 0) is 14.5 Å². The van der Waals surface area contributed by atoms with Crippen molar-refractivity contribution in [2.24, 2.45) is 0 Å². The average molecular weight is 212 g/mol. The van der Waals surface area contributed by atoms with Gasteiger partial charge < -0.3 is 9.84 Å². The van der Waals surface area contributed by atoms with Crippen LogP contribution in [0.5, 0.6) is 0 Å². The lowest BCUT2D eigenvalue weighted by molar-refractivity contribution is -0.221. The quantitative estimate of drug-likeness (QED) is 0.314. The van der Waals surface area contributed by atoms with Gasteiger partial charge in [0.25, 0.3) is 0 Å². The number of rotatable bonds is 0. The molecule has 8 heteroatoms. The highest BCUT2D eigenvalue weighted by Gasteiger charge is 2.19. The Labute approximate surface area is 79.5 Å². The van der Waals surface area contributed by atoms with Gasteiger partial charge in [-0.05, 0) is 20.8 Å². The minimum Gasteiger partial charge on any atom is -0.447 e. The van der Waals surface area contributed by atoms with Crippen LogP contribution in [0.4, 0.5) is 9.59 Å². The van der Waals surface area contributed by atoms with Crippen LogP contribution < -0.4 is 0 Å². The zero-order valence-electron chi connectivity index (χ0n) is 7.88. The lowest BCUT2D eigenvalue weighted by atomic mass is 10.2. The van der Waals surface area contributed by atoms with E-state index in [-0.39, 0.29) is 0 Å². The second-order valence-electron chi connectivity index (χ2n) is 2.90. The Hall–Kier alpha value is -1.54. The summed E-state index contributed by atoms with van der Waals surface area (Å²) in [5, 5.41) is 19.9. The Morgan fingerprint density at radius 3 is 1.79 bits per heavy atom. The van der Waals surface area contributed by atoms with Crippen molar-refractivity contribution in [1.82, 2.24) is 0 Å². The first-order chi connectivity index (χ1) is 6.31. The van der Waals surface area contributed by atoms with Crippen LogP contribution in [0.3, 0.4) is 0 Å². The molecule has 0 heterocycles. The maximum Gasteiger partial charge on any atom is 0.550 e. The molecule has 0 rings (SSSR count). The van der Waals surface area contributed by atoms with E-state index in [2.05, 4.69) is 14.5 Å². The molecule has 0 aromatic heterocycles. The van der Waals surface area contributed by atoms with Crippen molar-refractivity contribution >= 4 is 12.3 Å². The molecular formula is C6H12O8. The number of carboxylic acid groups (broad SMARTS) is 1. The molecule has 0 aliphatic carbocycles. The fourth-order valence-electron chi connectivity index (χ4n) is 0.337. The second-order valence-corrected chi connectivity index (χ2v) is 2.90. The SMILES string of the molecule is CC(C)(C)OC(=O)OOC(=O)O.OO. The summed E-state index contributed by atoms with van der Waals surface area (Å²) in [6.45, 7) is 4.82. The minimum absolute atomic E-state index is 0.737. The van der Waals surface area contributed by atoms with E-state index in [0.29, 0.717) is 0 Å². The molecule has 0 aliphatic rings. The monoisotopic (exact) mass is 212 g/mol. The first kappa shape index (κ1) is 15.0. The highest BCUT2D eigenvalue weighted by molar-refractivity contribution is 5.62. The zero-order chi connectivity index (χ0) is 11.8. The fraction of sp³-hybridized carbons (Fsp3) is 0.667. The molecule has 84 valence electrons. The van der Waals surface area contributed by atoms with E-state index in [9.17, 15) is 9.59 Å². The maximum absolute atomic E-state index is 10.5. The van der Waals surface area contributed by atoms with E-state index in [4.69, 9.17) is 15.6 Å². The fourth-order valence-corrected chi connectivity index (χ4v) is 0.337. The van der Waals surface area contributed by atoms with Crippen molar-refractivity contribution in [3.05, 3.63) is 0 Å². The van der Waals surface area contributed by atoms with Gasteiger partial charge in [-0.1, -0.05) is 0 Å². The van der Waals surface area contributed by atoms with Gasteiger partial charge in [0.15, 0.2) is 0 Å². The molecule has 8 nitrogen and oxygen atoms in total. The summed E-state index contributed by atoms with van der Waals surface area (Å²) in [5.41, 5.74) is -0.737. The van der Waals surface area contributed by atoms with Crippen LogP contribution in [-0.4, -0.2) is 33.5 Å². The molecule has 0 aromatic rings. The third kappa shape index (κ3) is 13.1. The second kappa shape index (κ2) is 6.92. The summed E-state index contributed by atoms with van der Waals surface area (Å²) in [6, 6.07) is 0. The van der Waals surface area contributed by atoms with Crippen molar-refractivity contribution in [2.45, 2.75) is 26.4 Å². The summed E-state index contributed by atoms with van der Waals surface area (Å²) in [7, 11) is 0. The Morgan fingerprint density at radius 2 is 1.50 bits per heavy atom. The van der Waals surface area contributed by atoms with Crippen molar-refractivity contribution in [2.75, 3.05) is 0 Å². The summed E-state index contributed by atoms with van der Waals surface area (Å²) >= 11 is 0. The summed E-state index contributed by atoms with van der Waals surface area (Å²) in [5.74, 6) is 0. The molecule has 3 N–H and O–H groups in total. The average Bonchev–Trinajstić information content (AvgIpc) is 2.02. The summed E-state index contributed by atoms with van der Waals surface area (Å²) in [4.78, 5) is 27.5. The molecule has 0 aromatic carbocycles. The largest absolute Gasteiger partial charge is 0.550 e. The van der Waals surface area contributed by atoms with Crippen molar-refractivity contribution < 1.29 is 39.7 Å². The van der Waals surface area contributed by atoms with Gasteiger partial charge in [-0.3, -0.25) is 10.5 Å². The Kier molecular flexibility index (Phi) is 7.39. The van der Waals surface area contributed by atoms with Gasteiger partial charge in [-0.15, -0.1) is 0 Å². The molecule has 0 spiro atoms. The van der Waals surface area contributed by atoms with E-state index in [1.807, 2.05) is 0 Å². The Bertz CT molecular complexity index is 181. The molecule has 0 saturated carbocycles. The van der Waals surface area contributed by atoms with E-state index in [0.717, 1.165) is 0 Å². The maximum atomic E-state index is 10.5. The van der Waals surface area contributed by atoms with Gasteiger partial charge in [-0.25, -0.2) is 9.68 Å². The molecule has 0 atom stereocenters. The highest BCUT2D eigenvalue weighted by Crippen LogP contribution is 2.07. The van der Waals surface area contributed by atoms with Crippen LogP contribution >= 0.6 is 0 Å². The topological polar surface area (TPSA) is 123 Å². The smallest absolute Gasteiger partial charge is 0.447 e. The number of carbonyl (C=O) groups excluding carboxylic acids is 1. The molecule has 0 fully saturated rings. The molecular weight excluding hydrogens is 200 g/mol. The van der Waals surface area contributed by atoms with Gasteiger partial charge in [0.05, 0.1) is 0 Å². The third-order valence-corrected chi connectivity index (χ3v) is 0.571. The van der Waals surface area contributed by atoms with Crippen LogP contribution in [0.25, 0.3) is 0 Å². The van der Waals surface area contributed by atoms with E-state index in [1.54, 1.807) is 20.8 Å². The third-order valence-electron chi connectivity index (χ3n) is 0.571. The molecule has 0 radical (unpaired) electrons. The minimum atomic E-state index is -1.71. The van der Waals surface area contributed by atoms with Crippen molar-refractivity contribution in [1.29, 1.82) is 0 Å². The predicted octanol–water partition coefficient (Wildman–Crippen LogP) is 1.57. The normalized spacial score (nSPS) is 9.21. The van der Waals surface area contributed by atoms with E-state index >= 15 is 0 Å². The zero-order valence-corrected chi connectivity index (χ0v) is 7.88. The first-order valence-electron chi connectivity index (χ1n) is 3.32. The number of hydrogen-bond donors (Lipinski definition) is 3. The molecule has 0 aliphatic heterocycles. The lowest BCUT2D eigenvalue weighted by Crippen LogP contribution is -2.25. The van der Waals surface area contributed by atoms with Gasteiger partial charge >= 0.3 is 12.3 Å². The highest BCUT2D eigenvalue weighted by atomic mass is 17.3. The number of carbonyl (C=O) groups is 2. The van der Waals surface area contributed by atoms with Gasteiger partial charge in [0.1, 0.15) is 5.60 Å². The molecule has 0 saturated heterocycles. The van der Waals surface area contributed by atoms with Crippen LogP contribution in [0.15, 0.2) is 0 Å². The predicted molar refractivity (Wildman–Crippen MR) is 41.7 cm³/mol. The number of hydrogen-bond acceptors (Lipinski definition) is 7. The summed E-state index contributed by atoms with van der Waals surface area (Å²) < 4.78 is 4.54. The van der Waals surface area contributed by atoms with Crippen molar-refractivity contribution in [3.8, 4) is 0 Å². The van der Waals surface area contributed by atoms with Crippen molar-refractivity contribution in [3.63, 3.8) is 0 Å². The van der Waals surface area contributed by atoms with Gasteiger partial charge in [0.2, 0.25) is 0 Å². The first-order valence-corrected chi connectivity index (χ1v) is 3.32. The van der Waals surface area contributed by atoms with Crippen LogP contribution in [0.1, 0.15) is 20.8 Å². The van der Waals surface area contributed by atoms with Gasteiger partial charge in [0, 0.05) is 0 Å². The van der Waals surface area contributed by atoms with Crippen LogP contribution in [0.2, 0.25) is 0 Å². The Morgan fingerprint density at radius 1 is 1.07 bits per heavy atom. The molecule has 14 heavy (non-hydrogen) atoms. The standard InChI is InChI=1S/C6H10O6.H2O2/c1-6(2,3)10-5(9)12-11-4(7)8;1-2/h1-3H3,(H,7,8);1-2H. The molecule has 0 unspecified atom stereocenters.